The predicted molar refractivity (Wildman–Crippen MR) is 73.6 cm³/mol. The van der Waals surface area contributed by atoms with Gasteiger partial charge in [0.15, 0.2) is 0 Å². The maximum absolute atomic E-state index is 9.37. The molecule has 1 fully saturated rings. The summed E-state index contributed by atoms with van der Waals surface area (Å²) in [4.78, 5) is 3.46. The Labute approximate surface area is 108 Å². The quantitative estimate of drug-likeness (QED) is 0.745. The van der Waals surface area contributed by atoms with Crippen molar-refractivity contribution in [3.05, 3.63) is 23.8 Å². The van der Waals surface area contributed by atoms with Crippen LogP contribution in [0.5, 0.6) is 0 Å². The molecule has 2 nitrogen and oxygen atoms in total. The Morgan fingerprint density at radius 1 is 1.41 bits per heavy atom. The summed E-state index contributed by atoms with van der Waals surface area (Å²) < 4.78 is 0. The molecule has 0 aliphatic carbocycles. The zero-order valence-corrected chi connectivity index (χ0v) is 11.5. The fourth-order valence-corrected chi connectivity index (χ4v) is 3.15. The van der Waals surface area contributed by atoms with E-state index in [1.807, 2.05) is 12.3 Å². The Balaban J connectivity index is 2.49. The molecule has 1 aromatic rings. The predicted octanol–water partition coefficient (Wildman–Crippen LogP) is 3.66. The zero-order chi connectivity index (χ0) is 12.5. The third-order valence-electron chi connectivity index (χ3n) is 3.53. The van der Waals surface area contributed by atoms with Crippen LogP contribution < -0.4 is 4.90 Å². The molecule has 2 rings (SSSR count). The van der Waals surface area contributed by atoms with Crippen molar-refractivity contribution in [2.75, 3.05) is 17.7 Å². The molecule has 0 radical (unpaired) electrons. The Bertz CT molecular complexity index is 460. The largest absolute Gasteiger partial charge is 0.365 e. The van der Waals surface area contributed by atoms with Crippen LogP contribution in [0.25, 0.3) is 0 Å². The van der Waals surface area contributed by atoms with Crippen LogP contribution in [-0.4, -0.2) is 18.3 Å². The molecule has 90 valence electrons. The molecule has 3 heteroatoms. The van der Waals surface area contributed by atoms with Crippen LogP contribution in [0.2, 0.25) is 0 Å². The molecule has 1 aliphatic rings. The van der Waals surface area contributed by atoms with E-state index in [0.717, 1.165) is 22.7 Å². The van der Waals surface area contributed by atoms with Crippen molar-refractivity contribution in [3.63, 3.8) is 0 Å². The van der Waals surface area contributed by atoms with Gasteiger partial charge < -0.3 is 4.90 Å². The minimum Gasteiger partial charge on any atom is -0.365 e. The van der Waals surface area contributed by atoms with E-state index >= 15 is 0 Å². The lowest BCUT2D eigenvalue weighted by molar-refractivity contribution is 0.517. The molecule has 0 aromatic heterocycles. The van der Waals surface area contributed by atoms with Gasteiger partial charge >= 0.3 is 0 Å². The molecule has 1 aromatic carbocycles. The van der Waals surface area contributed by atoms with Gasteiger partial charge in [0.05, 0.1) is 11.3 Å². The van der Waals surface area contributed by atoms with Crippen LogP contribution >= 0.6 is 11.8 Å². The first-order chi connectivity index (χ1) is 8.10. The molecule has 0 saturated carbocycles. The summed E-state index contributed by atoms with van der Waals surface area (Å²) in [7, 11) is 0. The van der Waals surface area contributed by atoms with Crippen molar-refractivity contribution in [2.24, 2.45) is 0 Å². The second-order valence-corrected chi connectivity index (χ2v) is 5.88. The molecule has 1 aliphatic heterocycles. The molecule has 0 spiro atoms. The Morgan fingerprint density at radius 2 is 2.18 bits per heavy atom. The lowest BCUT2D eigenvalue weighted by Crippen LogP contribution is -2.38. The van der Waals surface area contributed by atoms with Crippen LogP contribution in [0.1, 0.15) is 32.3 Å². The average Bonchev–Trinajstić information content (AvgIpc) is 2.67. The molecule has 0 amide bonds. The van der Waals surface area contributed by atoms with Gasteiger partial charge in [-0.1, -0.05) is 6.07 Å². The number of anilines is 1. The van der Waals surface area contributed by atoms with E-state index in [2.05, 4.69) is 36.9 Å². The van der Waals surface area contributed by atoms with E-state index in [1.165, 1.54) is 12.8 Å². The first kappa shape index (κ1) is 12.3. The third-order valence-corrected chi connectivity index (χ3v) is 4.31. The number of benzene rings is 1. The lowest BCUT2D eigenvalue weighted by atomic mass is 10.0. The highest BCUT2D eigenvalue weighted by Crippen LogP contribution is 2.37. The van der Waals surface area contributed by atoms with Crippen LogP contribution in [0.4, 0.5) is 5.69 Å². The standard InChI is InChI=1S/C14H18N2S/c1-14(2)8-5-9-16(14)12-6-4-7-13(17-3)11(12)10-15/h4,6-7H,5,8-9H2,1-3H3. The van der Waals surface area contributed by atoms with Crippen molar-refractivity contribution in [3.8, 4) is 6.07 Å². The SMILES string of the molecule is CSc1cccc(N2CCCC2(C)C)c1C#N. The van der Waals surface area contributed by atoms with Crippen molar-refractivity contribution < 1.29 is 0 Å². The van der Waals surface area contributed by atoms with Gasteiger partial charge in [0, 0.05) is 17.0 Å². The highest BCUT2D eigenvalue weighted by molar-refractivity contribution is 7.98. The average molecular weight is 246 g/mol. The van der Waals surface area contributed by atoms with Gasteiger partial charge in [0.2, 0.25) is 0 Å². The summed E-state index contributed by atoms with van der Waals surface area (Å²) in [6, 6.07) is 8.52. The van der Waals surface area contributed by atoms with Gasteiger partial charge in [-0.2, -0.15) is 5.26 Å². The normalized spacial score (nSPS) is 18.1. The van der Waals surface area contributed by atoms with Gasteiger partial charge in [-0.3, -0.25) is 0 Å². The number of hydrogen-bond donors (Lipinski definition) is 0. The van der Waals surface area contributed by atoms with Crippen molar-refractivity contribution in [2.45, 2.75) is 37.1 Å². The van der Waals surface area contributed by atoms with Crippen molar-refractivity contribution >= 4 is 17.4 Å². The zero-order valence-electron chi connectivity index (χ0n) is 10.7. The maximum Gasteiger partial charge on any atom is 0.103 e. The number of nitriles is 1. The van der Waals surface area contributed by atoms with E-state index in [4.69, 9.17) is 0 Å². The highest BCUT2D eigenvalue weighted by atomic mass is 32.2. The van der Waals surface area contributed by atoms with E-state index < -0.39 is 0 Å². The van der Waals surface area contributed by atoms with E-state index in [0.29, 0.717) is 0 Å². The molecule has 17 heavy (non-hydrogen) atoms. The first-order valence-corrected chi connectivity index (χ1v) is 7.17. The van der Waals surface area contributed by atoms with Gasteiger partial charge in [-0.15, -0.1) is 11.8 Å². The monoisotopic (exact) mass is 246 g/mol. The summed E-state index contributed by atoms with van der Waals surface area (Å²) >= 11 is 1.64. The van der Waals surface area contributed by atoms with Crippen molar-refractivity contribution in [1.29, 1.82) is 5.26 Å². The van der Waals surface area contributed by atoms with Crippen LogP contribution in [-0.2, 0) is 0 Å². The van der Waals surface area contributed by atoms with Crippen molar-refractivity contribution in [1.82, 2.24) is 0 Å². The molecule has 0 unspecified atom stereocenters. The van der Waals surface area contributed by atoms with Gasteiger partial charge in [0.1, 0.15) is 6.07 Å². The minimum atomic E-state index is 0.169. The number of nitrogens with zero attached hydrogens (tertiary/aromatic N) is 2. The van der Waals surface area contributed by atoms with E-state index in [-0.39, 0.29) is 5.54 Å². The maximum atomic E-state index is 9.37. The fourth-order valence-electron chi connectivity index (χ4n) is 2.58. The minimum absolute atomic E-state index is 0.169. The number of hydrogen-bond acceptors (Lipinski definition) is 3. The first-order valence-electron chi connectivity index (χ1n) is 5.95. The van der Waals surface area contributed by atoms with Crippen LogP contribution in [0, 0.1) is 11.3 Å². The third kappa shape index (κ3) is 2.14. The molecule has 0 atom stereocenters. The highest BCUT2D eigenvalue weighted by Gasteiger charge is 2.33. The Kier molecular flexibility index (Phi) is 3.35. The number of thioether (sulfide) groups is 1. The van der Waals surface area contributed by atoms with E-state index in [1.54, 1.807) is 11.8 Å². The molecule has 1 heterocycles. The molecule has 1 saturated heterocycles. The lowest BCUT2D eigenvalue weighted by Gasteiger charge is -2.34. The number of rotatable bonds is 2. The fraction of sp³-hybridized carbons (Fsp3) is 0.500. The van der Waals surface area contributed by atoms with Gasteiger partial charge in [0.25, 0.3) is 0 Å². The molecular weight excluding hydrogens is 228 g/mol. The summed E-state index contributed by atoms with van der Waals surface area (Å²) in [5, 5.41) is 9.37. The Morgan fingerprint density at radius 3 is 2.71 bits per heavy atom. The summed E-state index contributed by atoms with van der Waals surface area (Å²) in [6.07, 6.45) is 4.43. The molecule has 0 bridgehead atoms. The summed E-state index contributed by atoms with van der Waals surface area (Å²) in [5.74, 6) is 0. The Hall–Kier alpha value is -1.14. The van der Waals surface area contributed by atoms with Gasteiger partial charge in [-0.05, 0) is 45.1 Å². The smallest absolute Gasteiger partial charge is 0.103 e. The van der Waals surface area contributed by atoms with Crippen LogP contribution in [0.3, 0.4) is 0 Å². The topological polar surface area (TPSA) is 27.0 Å². The second-order valence-electron chi connectivity index (χ2n) is 5.03. The molecule has 0 N–H and O–H groups in total. The van der Waals surface area contributed by atoms with Crippen LogP contribution in [0.15, 0.2) is 23.1 Å². The summed E-state index contributed by atoms with van der Waals surface area (Å²) in [6.45, 7) is 5.57. The second kappa shape index (κ2) is 4.62. The van der Waals surface area contributed by atoms with Gasteiger partial charge in [-0.25, -0.2) is 0 Å². The van der Waals surface area contributed by atoms with E-state index in [9.17, 15) is 5.26 Å². The summed E-state index contributed by atoms with van der Waals surface area (Å²) in [5.41, 5.74) is 2.10. The molecular formula is C14H18N2S.